The largest absolute Gasteiger partial charge is 0.504 e. The summed E-state index contributed by atoms with van der Waals surface area (Å²) >= 11 is 5.87. The van der Waals surface area contributed by atoms with E-state index in [1.165, 1.54) is 12.1 Å². The zero-order valence-corrected chi connectivity index (χ0v) is 13.1. The smallest absolute Gasteiger partial charge is 0.416 e. The molecule has 0 unspecified atom stereocenters. The summed E-state index contributed by atoms with van der Waals surface area (Å²) in [7, 11) is -3.49. The lowest BCUT2D eigenvalue weighted by molar-refractivity contribution is -0.137. The number of sulfone groups is 1. The maximum atomic E-state index is 12.7. The van der Waals surface area contributed by atoms with Gasteiger partial charge in [0.15, 0.2) is 21.3 Å². The minimum atomic E-state index is -4.60. The molecule has 0 aromatic heterocycles. The molecule has 9 heteroatoms. The van der Waals surface area contributed by atoms with Crippen molar-refractivity contribution in [2.24, 2.45) is 0 Å². The quantitative estimate of drug-likeness (QED) is 0.881. The first-order chi connectivity index (χ1) is 10.5. The Morgan fingerprint density at radius 3 is 2.26 bits per heavy atom. The molecule has 124 valence electrons. The van der Waals surface area contributed by atoms with Crippen LogP contribution in [0.2, 0.25) is 5.02 Å². The molecular formula is C14H10ClF3O4S. The highest BCUT2D eigenvalue weighted by molar-refractivity contribution is 7.90. The van der Waals surface area contributed by atoms with Crippen molar-refractivity contribution in [3.05, 3.63) is 47.0 Å². The van der Waals surface area contributed by atoms with Gasteiger partial charge in [0.05, 0.1) is 15.5 Å². The predicted octanol–water partition coefficient (Wildman–Crippen LogP) is 4.26. The fraction of sp³-hybridized carbons (Fsp3) is 0.143. The van der Waals surface area contributed by atoms with Crippen LogP contribution in [0.5, 0.6) is 17.2 Å². The standard InChI is InChI=1S/C14H10ClF3O4S/c1-23(20,21)9-3-5-12(10(15)7-9)22-13-6-8(14(16,17)18)2-4-11(13)19/h2-7,19H,1H3. The number of halogens is 4. The van der Waals surface area contributed by atoms with Crippen molar-refractivity contribution in [1.82, 2.24) is 0 Å². The molecule has 0 radical (unpaired) electrons. The summed E-state index contributed by atoms with van der Waals surface area (Å²) in [5, 5.41) is 9.48. The number of aromatic hydroxyl groups is 1. The van der Waals surface area contributed by atoms with Crippen molar-refractivity contribution in [2.75, 3.05) is 6.26 Å². The minimum absolute atomic E-state index is 0.0666. The third-order valence-corrected chi connectivity index (χ3v) is 4.24. The van der Waals surface area contributed by atoms with E-state index in [2.05, 4.69) is 0 Å². The minimum Gasteiger partial charge on any atom is -0.504 e. The summed E-state index contributed by atoms with van der Waals surface area (Å²) in [6.07, 6.45) is -3.62. The van der Waals surface area contributed by atoms with Crippen molar-refractivity contribution in [2.45, 2.75) is 11.1 Å². The van der Waals surface area contributed by atoms with Crippen LogP contribution >= 0.6 is 11.6 Å². The zero-order chi connectivity index (χ0) is 17.4. The van der Waals surface area contributed by atoms with Gasteiger partial charge in [-0.15, -0.1) is 0 Å². The molecule has 0 spiro atoms. The van der Waals surface area contributed by atoms with E-state index in [0.717, 1.165) is 18.4 Å². The lowest BCUT2D eigenvalue weighted by atomic mass is 10.2. The lowest BCUT2D eigenvalue weighted by Crippen LogP contribution is -2.04. The Bertz CT molecular complexity index is 848. The highest BCUT2D eigenvalue weighted by Crippen LogP contribution is 2.39. The van der Waals surface area contributed by atoms with Gasteiger partial charge >= 0.3 is 6.18 Å². The molecule has 2 aromatic carbocycles. The maximum Gasteiger partial charge on any atom is 0.416 e. The number of alkyl halides is 3. The summed E-state index contributed by atoms with van der Waals surface area (Å²) < 4.78 is 66.0. The van der Waals surface area contributed by atoms with Gasteiger partial charge in [-0.1, -0.05) is 11.6 Å². The van der Waals surface area contributed by atoms with Gasteiger partial charge in [0, 0.05) is 6.26 Å². The second-order valence-electron chi connectivity index (χ2n) is 4.65. The molecule has 0 aliphatic heterocycles. The molecule has 4 nitrogen and oxygen atoms in total. The molecule has 0 fully saturated rings. The molecule has 0 saturated heterocycles. The molecule has 2 aromatic rings. The number of benzene rings is 2. The normalized spacial score (nSPS) is 12.2. The molecule has 1 N–H and O–H groups in total. The zero-order valence-electron chi connectivity index (χ0n) is 11.6. The number of ether oxygens (including phenoxy) is 1. The molecule has 2 rings (SSSR count). The number of phenolic OH excluding ortho intramolecular Hbond substituents is 1. The number of hydrogen-bond donors (Lipinski definition) is 1. The molecule has 0 bridgehead atoms. The Kier molecular flexibility index (Phi) is 4.50. The summed E-state index contributed by atoms with van der Waals surface area (Å²) in [6.45, 7) is 0. The molecular weight excluding hydrogens is 357 g/mol. The van der Waals surface area contributed by atoms with Crippen LogP contribution in [0.1, 0.15) is 5.56 Å². The fourth-order valence-electron chi connectivity index (χ4n) is 1.69. The Morgan fingerprint density at radius 1 is 1.09 bits per heavy atom. The van der Waals surface area contributed by atoms with E-state index in [4.69, 9.17) is 16.3 Å². The Labute approximate surface area is 135 Å². The first-order valence-electron chi connectivity index (χ1n) is 6.06. The SMILES string of the molecule is CS(=O)(=O)c1ccc(Oc2cc(C(F)(F)F)ccc2O)c(Cl)c1. The van der Waals surface area contributed by atoms with Crippen LogP contribution in [0.3, 0.4) is 0 Å². The van der Waals surface area contributed by atoms with Crippen molar-refractivity contribution >= 4 is 21.4 Å². The van der Waals surface area contributed by atoms with Gasteiger partial charge in [-0.05, 0) is 36.4 Å². The van der Waals surface area contributed by atoms with Gasteiger partial charge in [0.25, 0.3) is 0 Å². The molecule has 0 amide bonds. The Morgan fingerprint density at radius 2 is 1.74 bits per heavy atom. The summed E-state index contributed by atoms with van der Waals surface area (Å²) in [4.78, 5) is -0.0666. The summed E-state index contributed by atoms with van der Waals surface area (Å²) in [5.41, 5.74) is -1.01. The molecule has 0 saturated carbocycles. The van der Waals surface area contributed by atoms with Gasteiger partial charge in [-0.2, -0.15) is 13.2 Å². The van der Waals surface area contributed by atoms with Gasteiger partial charge in [0.2, 0.25) is 0 Å². The van der Waals surface area contributed by atoms with Crippen LogP contribution in [0.15, 0.2) is 41.3 Å². The second kappa shape index (κ2) is 5.93. The third-order valence-electron chi connectivity index (χ3n) is 2.84. The van der Waals surface area contributed by atoms with Crippen LogP contribution in [0.4, 0.5) is 13.2 Å². The number of rotatable bonds is 3. The predicted molar refractivity (Wildman–Crippen MR) is 77.7 cm³/mol. The topological polar surface area (TPSA) is 63.6 Å². The van der Waals surface area contributed by atoms with Crippen LogP contribution in [0, 0.1) is 0 Å². The Hall–Kier alpha value is -1.93. The van der Waals surface area contributed by atoms with E-state index in [1.54, 1.807) is 0 Å². The van der Waals surface area contributed by atoms with Gasteiger partial charge in [-0.3, -0.25) is 0 Å². The van der Waals surface area contributed by atoms with Crippen molar-refractivity contribution in [3.63, 3.8) is 0 Å². The van der Waals surface area contributed by atoms with Crippen LogP contribution < -0.4 is 4.74 Å². The first kappa shape index (κ1) is 17.4. The second-order valence-corrected chi connectivity index (χ2v) is 7.07. The average molecular weight is 367 g/mol. The van der Waals surface area contributed by atoms with Crippen molar-refractivity contribution in [3.8, 4) is 17.2 Å². The van der Waals surface area contributed by atoms with E-state index in [-0.39, 0.29) is 15.7 Å². The summed E-state index contributed by atoms with van der Waals surface area (Å²) in [6, 6.07) is 5.67. The molecule has 0 atom stereocenters. The highest BCUT2D eigenvalue weighted by atomic mass is 35.5. The Balaban J connectivity index is 2.40. The fourth-order valence-corrected chi connectivity index (χ4v) is 2.62. The number of hydrogen-bond acceptors (Lipinski definition) is 4. The van der Waals surface area contributed by atoms with E-state index < -0.39 is 33.1 Å². The molecule has 0 aliphatic rings. The molecule has 23 heavy (non-hydrogen) atoms. The van der Waals surface area contributed by atoms with Gasteiger partial charge in [0.1, 0.15) is 5.75 Å². The van der Waals surface area contributed by atoms with Crippen LogP contribution in [-0.2, 0) is 16.0 Å². The lowest BCUT2D eigenvalue weighted by Gasteiger charge is -2.13. The van der Waals surface area contributed by atoms with Crippen molar-refractivity contribution < 1.29 is 31.4 Å². The van der Waals surface area contributed by atoms with Crippen molar-refractivity contribution in [1.29, 1.82) is 0 Å². The average Bonchev–Trinajstić information content (AvgIpc) is 2.40. The number of phenols is 1. The highest BCUT2D eigenvalue weighted by Gasteiger charge is 2.31. The van der Waals surface area contributed by atoms with Crippen LogP contribution in [-0.4, -0.2) is 19.8 Å². The summed E-state index contributed by atoms with van der Waals surface area (Å²) in [5.74, 6) is -1.05. The van der Waals surface area contributed by atoms with E-state index in [0.29, 0.717) is 12.1 Å². The van der Waals surface area contributed by atoms with E-state index in [1.807, 2.05) is 0 Å². The monoisotopic (exact) mass is 366 g/mol. The maximum absolute atomic E-state index is 12.7. The molecule has 0 heterocycles. The van der Waals surface area contributed by atoms with Gasteiger partial charge in [-0.25, -0.2) is 8.42 Å². The van der Waals surface area contributed by atoms with E-state index >= 15 is 0 Å². The van der Waals surface area contributed by atoms with E-state index in [9.17, 15) is 26.7 Å². The van der Waals surface area contributed by atoms with Crippen LogP contribution in [0.25, 0.3) is 0 Å². The first-order valence-corrected chi connectivity index (χ1v) is 8.33. The van der Waals surface area contributed by atoms with Gasteiger partial charge < -0.3 is 9.84 Å². The third kappa shape index (κ3) is 4.08. The molecule has 0 aliphatic carbocycles.